The van der Waals surface area contributed by atoms with Crippen LogP contribution >= 0.6 is 11.3 Å². The number of rotatable bonds is 6. The van der Waals surface area contributed by atoms with E-state index in [1.54, 1.807) is 19.1 Å². The Morgan fingerprint density at radius 1 is 1.16 bits per heavy atom. The van der Waals surface area contributed by atoms with Gasteiger partial charge in [-0.05, 0) is 31.5 Å². The fraction of sp³-hybridized carbons (Fsp3) is 0.292. The highest BCUT2D eigenvalue weighted by Crippen LogP contribution is 2.29. The third kappa shape index (κ3) is 5.37. The van der Waals surface area contributed by atoms with Crippen LogP contribution in [0.2, 0.25) is 0 Å². The van der Waals surface area contributed by atoms with Gasteiger partial charge in [-0.25, -0.2) is 4.98 Å². The van der Waals surface area contributed by atoms with Crippen LogP contribution in [0.25, 0.3) is 0 Å². The van der Waals surface area contributed by atoms with Crippen molar-refractivity contribution in [2.75, 3.05) is 11.9 Å². The minimum Gasteiger partial charge on any atom is -0.341 e. The van der Waals surface area contributed by atoms with Crippen LogP contribution in [0, 0.1) is 6.92 Å². The molecule has 1 atom stereocenters. The van der Waals surface area contributed by atoms with Crippen LogP contribution in [0.3, 0.4) is 0 Å². The van der Waals surface area contributed by atoms with E-state index in [0.717, 1.165) is 37.3 Å². The van der Waals surface area contributed by atoms with E-state index < -0.39 is 6.04 Å². The maximum absolute atomic E-state index is 12.6. The highest BCUT2D eigenvalue weighted by molar-refractivity contribution is 7.15. The first kappa shape index (κ1) is 21.2. The van der Waals surface area contributed by atoms with E-state index in [0.29, 0.717) is 10.7 Å². The lowest BCUT2D eigenvalue weighted by atomic mass is 10.1. The molecule has 1 unspecified atom stereocenters. The van der Waals surface area contributed by atoms with Crippen LogP contribution in [0.4, 0.5) is 5.13 Å². The van der Waals surface area contributed by atoms with Crippen molar-refractivity contribution in [3.63, 3.8) is 0 Å². The minimum absolute atomic E-state index is 0.263. The summed E-state index contributed by atoms with van der Waals surface area (Å²) >= 11 is 1.52. The van der Waals surface area contributed by atoms with Crippen molar-refractivity contribution in [2.24, 2.45) is 0 Å². The second-order valence-electron chi connectivity index (χ2n) is 7.89. The molecule has 1 aromatic heterocycles. The van der Waals surface area contributed by atoms with Gasteiger partial charge < -0.3 is 10.6 Å². The first-order valence-electron chi connectivity index (χ1n) is 10.4. The summed E-state index contributed by atoms with van der Waals surface area (Å²) in [6.07, 6.45) is 0.869. The Bertz CT molecular complexity index is 1080. The lowest BCUT2D eigenvalue weighted by Gasteiger charge is -2.25. The van der Waals surface area contributed by atoms with Crippen molar-refractivity contribution in [3.05, 3.63) is 81.9 Å². The zero-order chi connectivity index (χ0) is 21.8. The van der Waals surface area contributed by atoms with E-state index in [1.165, 1.54) is 21.8 Å². The summed E-state index contributed by atoms with van der Waals surface area (Å²) in [5.74, 6) is -0.533. The lowest BCUT2D eigenvalue weighted by Crippen LogP contribution is -2.41. The zero-order valence-electron chi connectivity index (χ0n) is 17.7. The number of carbonyl (C=O) groups excluding carboxylic acids is 2. The normalized spacial score (nSPS) is 14.5. The highest BCUT2D eigenvalue weighted by Gasteiger charge is 2.23. The standard InChI is InChI=1S/C24H26N4O2S/c1-16-7-6-10-19(13-16)23(30)25-17(2)22(29)27-24-26-20-11-12-28(15-21(20)31-24)14-18-8-4-3-5-9-18/h3-10,13,17H,11-12,14-15H2,1-2H3,(H,25,30)(H,26,27,29). The van der Waals surface area contributed by atoms with Gasteiger partial charge in [-0.3, -0.25) is 14.5 Å². The second kappa shape index (κ2) is 9.41. The Morgan fingerprint density at radius 2 is 1.97 bits per heavy atom. The summed E-state index contributed by atoms with van der Waals surface area (Å²) in [4.78, 5) is 33.2. The van der Waals surface area contributed by atoms with Crippen molar-refractivity contribution < 1.29 is 9.59 Å². The SMILES string of the molecule is Cc1cccc(C(=O)NC(C)C(=O)Nc2nc3c(s2)CN(Cc2ccccc2)CC3)c1. The number of thiazole rings is 1. The molecule has 0 radical (unpaired) electrons. The number of nitrogens with zero attached hydrogens (tertiary/aromatic N) is 2. The first-order chi connectivity index (χ1) is 15.0. The van der Waals surface area contributed by atoms with E-state index in [-0.39, 0.29) is 11.8 Å². The van der Waals surface area contributed by atoms with Crippen LogP contribution < -0.4 is 10.6 Å². The molecule has 2 aromatic carbocycles. The highest BCUT2D eigenvalue weighted by atomic mass is 32.1. The van der Waals surface area contributed by atoms with Gasteiger partial charge >= 0.3 is 0 Å². The van der Waals surface area contributed by atoms with Crippen molar-refractivity contribution in [2.45, 2.75) is 39.4 Å². The third-order valence-corrected chi connectivity index (χ3v) is 6.31. The van der Waals surface area contributed by atoms with Crippen LogP contribution in [0.5, 0.6) is 0 Å². The van der Waals surface area contributed by atoms with Crippen molar-refractivity contribution in [3.8, 4) is 0 Å². The number of hydrogen-bond acceptors (Lipinski definition) is 5. The number of aryl methyl sites for hydroxylation is 1. The molecule has 1 aliphatic heterocycles. The smallest absolute Gasteiger partial charge is 0.251 e. The molecule has 0 bridgehead atoms. The molecule has 160 valence electrons. The molecule has 1 aliphatic rings. The average Bonchev–Trinajstić information content (AvgIpc) is 3.16. The number of anilines is 1. The molecular weight excluding hydrogens is 408 g/mol. The van der Waals surface area contributed by atoms with E-state index in [9.17, 15) is 9.59 Å². The van der Waals surface area contributed by atoms with Crippen LogP contribution in [0.1, 0.15) is 39.0 Å². The monoisotopic (exact) mass is 434 g/mol. The van der Waals surface area contributed by atoms with E-state index in [2.05, 4.69) is 44.8 Å². The molecular formula is C24H26N4O2S. The average molecular weight is 435 g/mol. The van der Waals surface area contributed by atoms with Crippen molar-refractivity contribution in [1.82, 2.24) is 15.2 Å². The Labute approximate surface area is 186 Å². The quantitative estimate of drug-likeness (QED) is 0.619. The maximum Gasteiger partial charge on any atom is 0.251 e. The number of amides is 2. The molecule has 2 N–H and O–H groups in total. The minimum atomic E-state index is -0.663. The van der Waals surface area contributed by atoms with Crippen LogP contribution in [-0.2, 0) is 24.3 Å². The summed E-state index contributed by atoms with van der Waals surface area (Å²) in [6, 6.07) is 17.1. The van der Waals surface area contributed by atoms with Gasteiger partial charge in [0.15, 0.2) is 5.13 Å². The predicted molar refractivity (Wildman–Crippen MR) is 123 cm³/mol. The van der Waals surface area contributed by atoms with Gasteiger partial charge in [0.05, 0.1) is 5.69 Å². The number of carbonyl (C=O) groups is 2. The molecule has 0 aliphatic carbocycles. The molecule has 6 nitrogen and oxygen atoms in total. The molecule has 3 aromatic rings. The second-order valence-corrected chi connectivity index (χ2v) is 8.97. The molecule has 0 saturated carbocycles. The summed E-state index contributed by atoms with van der Waals surface area (Å²) in [5, 5.41) is 6.21. The van der Waals surface area contributed by atoms with E-state index in [1.807, 2.05) is 25.1 Å². The molecule has 0 spiro atoms. The fourth-order valence-electron chi connectivity index (χ4n) is 3.62. The summed E-state index contributed by atoms with van der Waals surface area (Å²) in [7, 11) is 0. The van der Waals surface area contributed by atoms with Crippen LogP contribution in [0.15, 0.2) is 54.6 Å². The maximum atomic E-state index is 12.6. The largest absolute Gasteiger partial charge is 0.341 e. The summed E-state index contributed by atoms with van der Waals surface area (Å²) in [5.41, 5.74) is 3.89. The molecule has 0 fully saturated rings. The molecule has 0 saturated heterocycles. The van der Waals surface area contributed by atoms with Gasteiger partial charge in [0.1, 0.15) is 6.04 Å². The third-order valence-electron chi connectivity index (χ3n) is 5.31. The molecule has 2 amide bonds. The number of benzene rings is 2. The molecule has 2 heterocycles. The van der Waals surface area contributed by atoms with Crippen LogP contribution in [-0.4, -0.2) is 34.3 Å². The van der Waals surface area contributed by atoms with Gasteiger partial charge in [0.25, 0.3) is 5.91 Å². The number of nitrogens with one attached hydrogen (secondary N) is 2. The number of fused-ring (bicyclic) bond motifs is 1. The van der Waals surface area contributed by atoms with Gasteiger partial charge in [0, 0.05) is 36.5 Å². The van der Waals surface area contributed by atoms with Gasteiger partial charge in [-0.1, -0.05) is 48.0 Å². The number of hydrogen-bond donors (Lipinski definition) is 2. The molecule has 7 heteroatoms. The van der Waals surface area contributed by atoms with Crippen molar-refractivity contribution >= 4 is 28.3 Å². The molecule has 31 heavy (non-hydrogen) atoms. The predicted octanol–water partition coefficient (Wildman–Crippen LogP) is 3.77. The summed E-state index contributed by atoms with van der Waals surface area (Å²) < 4.78 is 0. The zero-order valence-corrected chi connectivity index (χ0v) is 18.5. The van der Waals surface area contributed by atoms with Crippen molar-refractivity contribution in [1.29, 1.82) is 0 Å². The fourth-order valence-corrected chi connectivity index (χ4v) is 4.68. The Hall–Kier alpha value is -3.03. The van der Waals surface area contributed by atoms with E-state index in [4.69, 9.17) is 0 Å². The first-order valence-corrected chi connectivity index (χ1v) is 11.2. The lowest BCUT2D eigenvalue weighted by molar-refractivity contribution is -0.117. The Kier molecular flexibility index (Phi) is 6.44. The molecule has 4 rings (SSSR count). The van der Waals surface area contributed by atoms with E-state index >= 15 is 0 Å². The number of aromatic nitrogens is 1. The van der Waals surface area contributed by atoms with Gasteiger partial charge in [-0.2, -0.15) is 0 Å². The summed E-state index contributed by atoms with van der Waals surface area (Å²) in [6.45, 7) is 6.29. The van der Waals surface area contributed by atoms with Gasteiger partial charge in [-0.15, -0.1) is 11.3 Å². The topological polar surface area (TPSA) is 74.3 Å². The Balaban J connectivity index is 1.34. The van der Waals surface area contributed by atoms with Gasteiger partial charge in [0.2, 0.25) is 5.91 Å². The Morgan fingerprint density at radius 3 is 2.74 bits per heavy atom.